The summed E-state index contributed by atoms with van der Waals surface area (Å²) in [5, 5.41) is 15.6. The zero-order chi connectivity index (χ0) is 25.5. The van der Waals surface area contributed by atoms with Gasteiger partial charge in [-0.3, -0.25) is 0 Å². The molecule has 0 spiro atoms. The molecule has 186 valence electrons. The van der Waals surface area contributed by atoms with Crippen molar-refractivity contribution in [2.75, 3.05) is 31.4 Å². The van der Waals surface area contributed by atoms with Gasteiger partial charge in [-0.25, -0.2) is 32.7 Å². The van der Waals surface area contributed by atoms with E-state index in [-0.39, 0.29) is 40.7 Å². The number of anilines is 3. The van der Waals surface area contributed by atoms with E-state index in [2.05, 4.69) is 30.6 Å². The molecule has 3 heterocycles. The first kappa shape index (κ1) is 24.4. The Hall–Kier alpha value is -3.72. The van der Waals surface area contributed by atoms with E-state index in [0.717, 1.165) is 4.31 Å². The number of aromatic nitrogens is 2. The van der Waals surface area contributed by atoms with Gasteiger partial charge in [-0.05, 0) is 31.2 Å². The van der Waals surface area contributed by atoms with Crippen LogP contribution in [0.1, 0.15) is 17.6 Å². The molecule has 1 aliphatic rings. The molecule has 0 radical (unpaired) electrons. The topological polar surface area (TPSA) is 145 Å². The third kappa shape index (κ3) is 4.77. The van der Waals surface area contributed by atoms with Gasteiger partial charge in [-0.2, -0.15) is 13.2 Å². The number of rotatable bonds is 7. The van der Waals surface area contributed by atoms with E-state index in [1.54, 1.807) is 0 Å². The van der Waals surface area contributed by atoms with Gasteiger partial charge in [0.15, 0.2) is 34.4 Å². The average molecular weight is 511 g/mol. The number of benzene rings is 1. The van der Waals surface area contributed by atoms with Gasteiger partial charge in [-0.15, -0.1) is 0 Å². The fraction of sp³-hybridized carbons (Fsp3) is 0.300. The van der Waals surface area contributed by atoms with Crippen molar-refractivity contribution in [3.8, 4) is 5.75 Å². The Morgan fingerprint density at radius 3 is 2.31 bits per heavy atom. The zero-order valence-corrected chi connectivity index (χ0v) is 19.4. The standard InChI is InChI=1S/C20H20F3N7O4S/c1-10-7-8-12(34-10)15(20(21,22)23)27-19-18(28-16-17(29-19)25-9-24-16)26-11-5-4-6-13(14(11)31)35(32,33)30(2)3/h4-8,15,31H,9H2,1-3H3,(H,24,26,28)(H,25,27,29)/t15-/m0/s1. The van der Waals surface area contributed by atoms with E-state index >= 15 is 0 Å². The highest BCUT2D eigenvalue weighted by Crippen LogP contribution is 2.38. The second kappa shape index (κ2) is 8.81. The van der Waals surface area contributed by atoms with E-state index in [4.69, 9.17) is 4.42 Å². The molecule has 0 amide bonds. The van der Waals surface area contributed by atoms with Gasteiger partial charge in [0.1, 0.15) is 23.1 Å². The highest BCUT2D eigenvalue weighted by Gasteiger charge is 2.44. The van der Waals surface area contributed by atoms with Crippen molar-refractivity contribution in [1.82, 2.24) is 14.3 Å². The molecule has 3 N–H and O–H groups in total. The third-order valence-electron chi connectivity index (χ3n) is 4.97. The summed E-state index contributed by atoms with van der Waals surface area (Å²) in [5.74, 6) is -1.36. The summed E-state index contributed by atoms with van der Waals surface area (Å²) in [4.78, 5) is 15.9. The molecule has 1 aromatic carbocycles. The molecule has 4 rings (SSSR count). The molecule has 2 aromatic heterocycles. The van der Waals surface area contributed by atoms with Crippen molar-refractivity contribution < 1.29 is 31.1 Å². The van der Waals surface area contributed by atoms with Gasteiger partial charge in [0.25, 0.3) is 0 Å². The number of furan rings is 1. The number of para-hydroxylation sites is 1. The highest BCUT2D eigenvalue weighted by atomic mass is 32.2. The molecule has 35 heavy (non-hydrogen) atoms. The molecule has 1 atom stereocenters. The van der Waals surface area contributed by atoms with Crippen LogP contribution in [-0.2, 0) is 10.0 Å². The lowest BCUT2D eigenvalue weighted by molar-refractivity contribution is -0.147. The monoisotopic (exact) mass is 511 g/mol. The smallest absolute Gasteiger partial charge is 0.415 e. The molecule has 15 heteroatoms. The molecule has 1 aliphatic heterocycles. The molecule has 0 bridgehead atoms. The summed E-state index contributed by atoms with van der Waals surface area (Å²) in [6, 6.07) is 4.19. The van der Waals surface area contributed by atoms with Crippen LogP contribution in [0.2, 0.25) is 0 Å². The van der Waals surface area contributed by atoms with E-state index in [1.165, 1.54) is 51.4 Å². The fourth-order valence-electron chi connectivity index (χ4n) is 3.20. The summed E-state index contributed by atoms with van der Waals surface area (Å²) in [5.41, 5.74) is -0.0210. The number of halogens is 3. The number of hydrogen-bond acceptors (Lipinski definition) is 10. The molecule has 0 unspecified atom stereocenters. The van der Waals surface area contributed by atoms with Crippen LogP contribution in [0, 0.1) is 6.92 Å². The number of alkyl halides is 3. The number of aryl methyl sites for hydroxylation is 1. The van der Waals surface area contributed by atoms with Crippen LogP contribution in [-0.4, -0.2) is 54.7 Å². The summed E-state index contributed by atoms with van der Waals surface area (Å²) in [6.45, 7) is 1.51. The van der Waals surface area contributed by atoms with Crippen molar-refractivity contribution in [3.63, 3.8) is 0 Å². The number of fused-ring (bicyclic) bond motifs is 1. The fourth-order valence-corrected chi connectivity index (χ4v) is 4.20. The van der Waals surface area contributed by atoms with Crippen molar-refractivity contribution in [3.05, 3.63) is 52.8 Å². The predicted molar refractivity (Wildman–Crippen MR) is 117 cm³/mol. The Morgan fingerprint density at radius 2 is 1.74 bits per heavy atom. The van der Waals surface area contributed by atoms with Gasteiger partial charge in [-0.1, -0.05) is 6.07 Å². The minimum Gasteiger partial charge on any atom is -0.504 e. The number of sulfonamides is 1. The Morgan fingerprint density at radius 1 is 1.09 bits per heavy atom. The quantitative estimate of drug-likeness (QED) is 0.409. The first-order valence-electron chi connectivity index (χ1n) is 10.1. The molecular weight excluding hydrogens is 491 g/mol. The number of hydrogen-bond donors (Lipinski definition) is 3. The van der Waals surface area contributed by atoms with E-state index in [9.17, 15) is 26.7 Å². The third-order valence-corrected chi connectivity index (χ3v) is 6.81. The summed E-state index contributed by atoms with van der Waals surface area (Å²) >= 11 is 0. The lowest BCUT2D eigenvalue weighted by Gasteiger charge is -2.22. The molecule has 11 nitrogen and oxygen atoms in total. The first-order chi connectivity index (χ1) is 16.4. The maximum absolute atomic E-state index is 13.9. The molecule has 0 aliphatic carbocycles. The largest absolute Gasteiger partial charge is 0.504 e. The second-order valence-electron chi connectivity index (χ2n) is 7.66. The van der Waals surface area contributed by atoms with Crippen LogP contribution >= 0.6 is 0 Å². The van der Waals surface area contributed by atoms with Gasteiger partial charge < -0.3 is 20.2 Å². The molecule has 3 aromatic rings. The SMILES string of the molecule is Cc1ccc([C@H](Nc2nc3c(nc2Nc2cccc(S(=O)(=O)N(C)C)c2O)=NCN=3)C(F)(F)F)o1. The zero-order valence-electron chi connectivity index (χ0n) is 18.6. The van der Waals surface area contributed by atoms with E-state index < -0.39 is 38.6 Å². The number of phenols is 1. The lowest BCUT2D eigenvalue weighted by atomic mass is 10.2. The highest BCUT2D eigenvalue weighted by molar-refractivity contribution is 7.89. The van der Waals surface area contributed by atoms with Gasteiger partial charge in [0.2, 0.25) is 10.0 Å². The van der Waals surface area contributed by atoms with Crippen molar-refractivity contribution in [1.29, 1.82) is 0 Å². The first-order valence-corrected chi connectivity index (χ1v) is 11.5. The molecular formula is C20H20F3N7O4S. The predicted octanol–water partition coefficient (Wildman–Crippen LogP) is 2.00. The average Bonchev–Trinajstić information content (AvgIpc) is 3.40. The molecule has 0 saturated carbocycles. The second-order valence-corrected chi connectivity index (χ2v) is 9.78. The van der Waals surface area contributed by atoms with Crippen molar-refractivity contribution >= 4 is 27.3 Å². The van der Waals surface area contributed by atoms with Crippen LogP contribution in [0.4, 0.5) is 30.5 Å². The van der Waals surface area contributed by atoms with E-state index in [0.29, 0.717) is 0 Å². The lowest BCUT2D eigenvalue weighted by Crippen LogP contribution is -2.34. The van der Waals surface area contributed by atoms with Crippen LogP contribution < -0.4 is 21.6 Å². The van der Waals surface area contributed by atoms with Crippen LogP contribution in [0.3, 0.4) is 0 Å². The summed E-state index contributed by atoms with van der Waals surface area (Å²) in [6.07, 6.45) is -4.77. The van der Waals surface area contributed by atoms with Crippen LogP contribution in [0.5, 0.6) is 5.75 Å². The van der Waals surface area contributed by atoms with Gasteiger partial charge in [0, 0.05) is 14.1 Å². The Balaban J connectivity index is 1.80. The normalized spacial score (nSPS) is 14.3. The van der Waals surface area contributed by atoms with Crippen LogP contribution in [0.15, 0.2) is 49.6 Å². The van der Waals surface area contributed by atoms with Crippen molar-refractivity contribution in [2.45, 2.75) is 24.0 Å². The van der Waals surface area contributed by atoms with E-state index in [1.807, 2.05) is 0 Å². The van der Waals surface area contributed by atoms with Crippen molar-refractivity contribution in [2.24, 2.45) is 9.98 Å². The maximum Gasteiger partial charge on any atom is 0.415 e. The number of aromatic hydroxyl groups is 1. The van der Waals surface area contributed by atoms with Gasteiger partial charge in [0.05, 0.1) is 5.69 Å². The minimum atomic E-state index is -4.77. The maximum atomic E-state index is 13.9. The van der Waals surface area contributed by atoms with Gasteiger partial charge >= 0.3 is 6.18 Å². The molecule has 0 fully saturated rings. The minimum absolute atomic E-state index is 0.000117. The van der Waals surface area contributed by atoms with Crippen LogP contribution in [0.25, 0.3) is 0 Å². The number of phenolic OH excluding ortho intramolecular Hbond substituents is 1. The Labute approximate surface area is 197 Å². The Bertz CT molecular complexity index is 1500. The summed E-state index contributed by atoms with van der Waals surface area (Å²) < 4.78 is 72.9. The molecule has 0 saturated heterocycles. The summed E-state index contributed by atoms with van der Waals surface area (Å²) in [7, 11) is -1.43. The Kier molecular flexibility index (Phi) is 6.14. The number of nitrogens with zero attached hydrogens (tertiary/aromatic N) is 5. The number of nitrogens with one attached hydrogen (secondary N) is 2.